The smallest absolute Gasteiger partial charge is 0.224 e. The molecule has 0 spiro atoms. The number of benzene rings is 1. The van der Waals surface area contributed by atoms with Crippen LogP contribution in [0.15, 0.2) is 12.1 Å². The van der Waals surface area contributed by atoms with Crippen molar-refractivity contribution in [2.75, 3.05) is 23.7 Å². The van der Waals surface area contributed by atoms with Crippen LogP contribution in [0.3, 0.4) is 0 Å². The van der Waals surface area contributed by atoms with E-state index < -0.39 is 0 Å². The first-order valence-corrected chi connectivity index (χ1v) is 6.32. The molecule has 4 nitrogen and oxygen atoms in total. The molecular weight excluding hydrogens is 233 g/mol. The van der Waals surface area contributed by atoms with Crippen molar-refractivity contribution in [1.82, 2.24) is 5.32 Å². The van der Waals surface area contributed by atoms with Crippen LogP contribution in [0.1, 0.15) is 18.4 Å². The molecule has 1 aromatic rings. The molecule has 18 heavy (non-hydrogen) atoms. The van der Waals surface area contributed by atoms with Crippen LogP contribution in [0, 0.1) is 5.82 Å². The van der Waals surface area contributed by atoms with Crippen LogP contribution in [0.25, 0.3) is 0 Å². The molecule has 2 aliphatic heterocycles. The van der Waals surface area contributed by atoms with E-state index in [0.29, 0.717) is 18.5 Å². The molecule has 0 saturated carbocycles. The number of fused-ring (bicyclic) bond motifs is 1. The highest BCUT2D eigenvalue weighted by Gasteiger charge is 2.20. The highest BCUT2D eigenvalue weighted by Crippen LogP contribution is 2.29. The van der Waals surface area contributed by atoms with Crippen LogP contribution in [0.4, 0.5) is 15.8 Å². The van der Waals surface area contributed by atoms with Gasteiger partial charge >= 0.3 is 0 Å². The van der Waals surface area contributed by atoms with Crippen LogP contribution in [0.2, 0.25) is 0 Å². The topological polar surface area (TPSA) is 53.2 Å². The zero-order chi connectivity index (χ0) is 12.5. The van der Waals surface area contributed by atoms with Gasteiger partial charge in [0, 0.05) is 24.7 Å². The molecule has 1 unspecified atom stereocenters. The Kier molecular flexibility index (Phi) is 2.91. The Morgan fingerprint density at radius 1 is 1.33 bits per heavy atom. The van der Waals surface area contributed by atoms with E-state index in [4.69, 9.17) is 0 Å². The summed E-state index contributed by atoms with van der Waals surface area (Å²) in [5.41, 5.74) is 2.09. The number of carbonyl (C=O) groups is 1. The third-order valence-electron chi connectivity index (χ3n) is 3.51. The molecule has 5 heteroatoms. The number of nitrogens with one attached hydrogen (secondary N) is 3. The first-order valence-electron chi connectivity index (χ1n) is 6.32. The second kappa shape index (κ2) is 4.57. The summed E-state index contributed by atoms with van der Waals surface area (Å²) in [5, 5.41) is 9.20. The molecule has 96 valence electrons. The number of rotatable bonds is 2. The fourth-order valence-corrected chi connectivity index (χ4v) is 2.51. The third kappa shape index (κ3) is 2.18. The second-order valence-electron chi connectivity index (χ2n) is 4.87. The van der Waals surface area contributed by atoms with Crippen molar-refractivity contribution < 1.29 is 9.18 Å². The summed E-state index contributed by atoms with van der Waals surface area (Å²) in [6, 6.07) is 3.50. The summed E-state index contributed by atoms with van der Waals surface area (Å²) in [6.45, 7) is 1.81. The molecular formula is C13H16FN3O. The summed E-state index contributed by atoms with van der Waals surface area (Å²) in [5.74, 6) is -0.237. The van der Waals surface area contributed by atoms with Crippen molar-refractivity contribution in [1.29, 1.82) is 0 Å². The normalized spacial score (nSPS) is 22.5. The number of anilines is 2. The van der Waals surface area contributed by atoms with E-state index in [1.807, 2.05) is 0 Å². The van der Waals surface area contributed by atoms with Gasteiger partial charge in [-0.3, -0.25) is 4.79 Å². The Hall–Kier alpha value is -1.62. The molecule has 3 N–H and O–H groups in total. The molecule has 1 atom stereocenters. The quantitative estimate of drug-likeness (QED) is 0.744. The van der Waals surface area contributed by atoms with Gasteiger partial charge in [-0.05, 0) is 37.1 Å². The van der Waals surface area contributed by atoms with E-state index in [1.165, 1.54) is 6.07 Å². The van der Waals surface area contributed by atoms with Gasteiger partial charge in [-0.15, -0.1) is 0 Å². The zero-order valence-corrected chi connectivity index (χ0v) is 10.1. The zero-order valence-electron chi connectivity index (χ0n) is 10.1. The molecule has 2 aliphatic rings. The molecule has 0 aliphatic carbocycles. The van der Waals surface area contributed by atoms with Crippen molar-refractivity contribution in [2.24, 2.45) is 0 Å². The Labute approximate surface area is 105 Å². The second-order valence-corrected chi connectivity index (χ2v) is 4.87. The molecule has 0 radical (unpaired) electrons. The molecule has 1 aromatic carbocycles. The van der Waals surface area contributed by atoms with Gasteiger partial charge in [-0.1, -0.05) is 0 Å². The largest absolute Gasteiger partial charge is 0.379 e. The van der Waals surface area contributed by atoms with Gasteiger partial charge in [0.15, 0.2) is 0 Å². The molecule has 1 saturated heterocycles. The average molecular weight is 249 g/mol. The molecule has 0 bridgehead atoms. The lowest BCUT2D eigenvalue weighted by Gasteiger charge is -2.20. The highest BCUT2D eigenvalue weighted by atomic mass is 19.1. The van der Waals surface area contributed by atoms with E-state index in [1.54, 1.807) is 6.07 Å². The van der Waals surface area contributed by atoms with Gasteiger partial charge in [0.05, 0.1) is 5.69 Å². The lowest BCUT2D eigenvalue weighted by molar-refractivity contribution is -0.116. The Bertz CT molecular complexity index is 483. The Morgan fingerprint density at radius 3 is 3.00 bits per heavy atom. The number of hydrogen-bond donors (Lipinski definition) is 3. The highest BCUT2D eigenvalue weighted by molar-refractivity contribution is 5.94. The van der Waals surface area contributed by atoms with Gasteiger partial charge in [0.25, 0.3) is 0 Å². The lowest BCUT2D eigenvalue weighted by Crippen LogP contribution is -2.24. The maximum atomic E-state index is 13.9. The molecule has 1 fully saturated rings. The minimum Gasteiger partial charge on any atom is -0.379 e. The number of hydrogen-bond acceptors (Lipinski definition) is 3. The third-order valence-corrected chi connectivity index (χ3v) is 3.51. The van der Waals surface area contributed by atoms with Gasteiger partial charge in [0.2, 0.25) is 5.91 Å². The summed E-state index contributed by atoms with van der Waals surface area (Å²) < 4.78 is 13.9. The van der Waals surface area contributed by atoms with E-state index in [9.17, 15) is 9.18 Å². The number of amides is 1. The average Bonchev–Trinajstić information content (AvgIpc) is 2.83. The minimum absolute atomic E-state index is 0.00240. The van der Waals surface area contributed by atoms with Crippen LogP contribution in [-0.4, -0.2) is 25.0 Å². The maximum absolute atomic E-state index is 13.9. The summed E-state index contributed by atoms with van der Waals surface area (Å²) in [6.07, 6.45) is 2.04. The molecule has 0 aromatic heterocycles. The van der Waals surface area contributed by atoms with Gasteiger partial charge < -0.3 is 16.0 Å². The SMILES string of the molecule is O=C1CCc2cc(F)c(NC3CCNC3)cc2N1. The predicted molar refractivity (Wildman–Crippen MR) is 68.2 cm³/mol. The predicted octanol–water partition coefficient (Wildman–Crippen LogP) is 1.48. The number of halogens is 1. The van der Waals surface area contributed by atoms with Gasteiger partial charge in [0.1, 0.15) is 5.82 Å². The first kappa shape index (κ1) is 11.5. The van der Waals surface area contributed by atoms with Crippen molar-refractivity contribution in [2.45, 2.75) is 25.3 Å². The van der Waals surface area contributed by atoms with Crippen LogP contribution >= 0.6 is 0 Å². The summed E-state index contributed by atoms with van der Waals surface area (Å²) in [4.78, 5) is 11.3. The molecule has 2 heterocycles. The van der Waals surface area contributed by atoms with Gasteiger partial charge in [-0.2, -0.15) is 0 Å². The lowest BCUT2D eigenvalue weighted by atomic mass is 10.0. The van der Waals surface area contributed by atoms with Crippen molar-refractivity contribution in [3.05, 3.63) is 23.5 Å². The summed E-state index contributed by atoms with van der Waals surface area (Å²) >= 11 is 0. The maximum Gasteiger partial charge on any atom is 0.224 e. The van der Waals surface area contributed by atoms with Crippen molar-refractivity contribution >= 4 is 17.3 Å². The minimum atomic E-state index is -0.239. The fraction of sp³-hybridized carbons (Fsp3) is 0.462. The van der Waals surface area contributed by atoms with Crippen molar-refractivity contribution in [3.8, 4) is 0 Å². The van der Waals surface area contributed by atoms with E-state index in [-0.39, 0.29) is 17.8 Å². The Morgan fingerprint density at radius 2 is 2.22 bits per heavy atom. The molecule has 3 rings (SSSR count). The van der Waals surface area contributed by atoms with E-state index >= 15 is 0 Å². The van der Waals surface area contributed by atoms with Crippen LogP contribution in [0.5, 0.6) is 0 Å². The number of aryl methyl sites for hydroxylation is 1. The fourth-order valence-electron chi connectivity index (χ4n) is 2.51. The van der Waals surface area contributed by atoms with Crippen LogP contribution in [-0.2, 0) is 11.2 Å². The van der Waals surface area contributed by atoms with Gasteiger partial charge in [-0.25, -0.2) is 4.39 Å². The van der Waals surface area contributed by atoms with E-state index in [2.05, 4.69) is 16.0 Å². The van der Waals surface area contributed by atoms with Crippen LogP contribution < -0.4 is 16.0 Å². The van der Waals surface area contributed by atoms with Crippen molar-refractivity contribution in [3.63, 3.8) is 0 Å². The Balaban J connectivity index is 1.85. The first-order chi connectivity index (χ1) is 8.72. The number of carbonyl (C=O) groups excluding carboxylic acids is 1. The van der Waals surface area contributed by atoms with E-state index in [0.717, 1.165) is 30.8 Å². The summed E-state index contributed by atoms with van der Waals surface area (Å²) in [7, 11) is 0. The molecule has 1 amide bonds. The standard InChI is InChI=1S/C13H16FN3O/c14-10-5-8-1-2-13(18)17-11(8)6-12(10)16-9-3-4-15-7-9/h5-6,9,15-16H,1-4,7H2,(H,17,18). The monoisotopic (exact) mass is 249 g/mol.